The Kier molecular flexibility index (Phi) is 5.67. The van der Waals surface area contributed by atoms with Crippen LogP contribution in [0.25, 0.3) is 0 Å². The standard InChI is InChI=1S/C2H5N.H6OSi2/c1-2-3-1;2-1-3/h3H,1-2H2;2-3H3. The van der Waals surface area contributed by atoms with Crippen LogP contribution in [-0.2, 0) is 4.12 Å². The van der Waals surface area contributed by atoms with Crippen molar-refractivity contribution in [2.45, 2.75) is 0 Å². The maximum Gasteiger partial charge on any atom is 0.129 e. The van der Waals surface area contributed by atoms with Crippen molar-refractivity contribution < 1.29 is 4.12 Å². The van der Waals surface area contributed by atoms with Crippen molar-refractivity contribution in [3.05, 3.63) is 0 Å². The lowest BCUT2D eigenvalue weighted by atomic mass is 11.0. The van der Waals surface area contributed by atoms with Gasteiger partial charge in [-0.2, -0.15) is 0 Å². The van der Waals surface area contributed by atoms with Crippen molar-refractivity contribution in [1.82, 2.24) is 5.32 Å². The first-order valence-corrected chi connectivity index (χ1v) is 3.66. The Morgan fingerprint density at radius 3 is 1.50 bits per heavy atom. The molecule has 1 aliphatic heterocycles. The van der Waals surface area contributed by atoms with Gasteiger partial charge in [-0.3, -0.25) is 0 Å². The van der Waals surface area contributed by atoms with E-state index in [-0.39, 0.29) is 0 Å². The van der Waals surface area contributed by atoms with Crippen LogP contribution < -0.4 is 5.32 Å². The lowest BCUT2D eigenvalue weighted by molar-refractivity contribution is 0.690. The minimum Gasteiger partial charge on any atom is -0.471 e. The van der Waals surface area contributed by atoms with Crippen LogP contribution in [0.3, 0.4) is 0 Å². The van der Waals surface area contributed by atoms with E-state index in [0.29, 0.717) is 0 Å². The van der Waals surface area contributed by atoms with E-state index in [2.05, 4.69) is 9.43 Å². The van der Waals surface area contributed by atoms with Crippen molar-refractivity contribution in [2.75, 3.05) is 13.1 Å². The Labute approximate surface area is 44.4 Å². The van der Waals surface area contributed by atoms with Gasteiger partial charge in [0, 0.05) is 13.1 Å². The van der Waals surface area contributed by atoms with E-state index in [1.165, 1.54) is 13.1 Å². The molecule has 1 heterocycles. The van der Waals surface area contributed by atoms with Crippen molar-refractivity contribution in [2.24, 2.45) is 0 Å². The summed E-state index contributed by atoms with van der Waals surface area (Å²) in [6.07, 6.45) is 0. The number of hydrogen-bond acceptors (Lipinski definition) is 2. The van der Waals surface area contributed by atoms with Gasteiger partial charge in [0.25, 0.3) is 0 Å². The lowest BCUT2D eigenvalue weighted by Crippen LogP contribution is -1.65. The van der Waals surface area contributed by atoms with Gasteiger partial charge in [0.1, 0.15) is 21.0 Å². The smallest absolute Gasteiger partial charge is 0.129 e. The van der Waals surface area contributed by atoms with Crippen molar-refractivity contribution >= 4 is 21.0 Å². The summed E-state index contributed by atoms with van der Waals surface area (Å²) in [5.41, 5.74) is 0. The average Bonchev–Trinajstić information content (AvgIpc) is 2.11. The van der Waals surface area contributed by atoms with Gasteiger partial charge in [0.15, 0.2) is 0 Å². The Morgan fingerprint density at radius 1 is 1.33 bits per heavy atom. The van der Waals surface area contributed by atoms with Crippen LogP contribution >= 0.6 is 0 Å². The highest BCUT2D eigenvalue weighted by molar-refractivity contribution is 6.15. The van der Waals surface area contributed by atoms with Gasteiger partial charge < -0.3 is 9.43 Å². The molecule has 1 N–H and O–H groups in total. The number of nitrogens with one attached hydrogen (secondary N) is 1. The minimum absolute atomic E-state index is 0.931. The predicted octanol–water partition coefficient (Wildman–Crippen LogP) is -2.85. The number of rotatable bonds is 0. The van der Waals surface area contributed by atoms with Crippen LogP contribution in [0.1, 0.15) is 0 Å². The van der Waals surface area contributed by atoms with E-state index in [1.54, 1.807) is 0 Å². The highest BCUT2D eigenvalue weighted by Crippen LogP contribution is 1.65. The summed E-state index contributed by atoms with van der Waals surface area (Å²) in [6, 6.07) is 0. The van der Waals surface area contributed by atoms with E-state index in [4.69, 9.17) is 0 Å². The summed E-state index contributed by atoms with van der Waals surface area (Å²) >= 11 is 0. The van der Waals surface area contributed by atoms with Crippen LogP contribution in [0.2, 0.25) is 0 Å². The lowest BCUT2D eigenvalue weighted by Gasteiger charge is -1.62. The third-order valence-corrected chi connectivity index (χ3v) is 0.250. The maximum atomic E-state index is 4.53. The van der Waals surface area contributed by atoms with Gasteiger partial charge in [-0.25, -0.2) is 0 Å². The molecule has 0 aromatic carbocycles. The second-order valence-electron chi connectivity index (χ2n) is 1.16. The van der Waals surface area contributed by atoms with E-state index in [0.717, 1.165) is 21.0 Å². The second-order valence-corrected chi connectivity index (χ2v) is 4.42. The van der Waals surface area contributed by atoms with Gasteiger partial charge in [0.2, 0.25) is 0 Å². The zero-order valence-electron chi connectivity index (χ0n) is 4.32. The van der Waals surface area contributed by atoms with Crippen LogP contribution in [-0.4, -0.2) is 34.1 Å². The summed E-state index contributed by atoms with van der Waals surface area (Å²) in [4.78, 5) is 0. The number of hydrogen-bond donors (Lipinski definition) is 1. The molecule has 0 aliphatic carbocycles. The van der Waals surface area contributed by atoms with E-state index < -0.39 is 0 Å². The minimum atomic E-state index is 0.931. The van der Waals surface area contributed by atoms with E-state index in [1.807, 2.05) is 0 Å². The fraction of sp³-hybridized carbons (Fsp3) is 1.00. The van der Waals surface area contributed by atoms with Crippen LogP contribution in [0.15, 0.2) is 0 Å². The summed E-state index contributed by atoms with van der Waals surface area (Å²) in [5.74, 6) is 0. The summed E-state index contributed by atoms with van der Waals surface area (Å²) in [7, 11) is 1.86. The molecule has 2 nitrogen and oxygen atoms in total. The largest absolute Gasteiger partial charge is 0.471 e. The van der Waals surface area contributed by atoms with Crippen LogP contribution in [0.4, 0.5) is 0 Å². The molecule has 38 valence electrons. The molecule has 0 spiro atoms. The molecular formula is C2H11NOSi2. The first-order valence-electron chi connectivity index (χ1n) is 2.02. The molecule has 0 amide bonds. The molecule has 0 unspecified atom stereocenters. The van der Waals surface area contributed by atoms with E-state index in [9.17, 15) is 0 Å². The Hall–Kier alpha value is 0.354. The van der Waals surface area contributed by atoms with Crippen LogP contribution in [0, 0.1) is 0 Å². The quantitative estimate of drug-likeness (QED) is 0.276. The first-order chi connectivity index (χ1) is 2.91. The SMILES string of the molecule is C1CN1.[SiH3]O[SiH3]. The average molecular weight is 121 g/mol. The molecule has 6 heavy (non-hydrogen) atoms. The summed E-state index contributed by atoms with van der Waals surface area (Å²) in [5, 5.41) is 3.00. The van der Waals surface area contributed by atoms with Gasteiger partial charge in [-0.1, -0.05) is 0 Å². The van der Waals surface area contributed by atoms with E-state index >= 15 is 0 Å². The first kappa shape index (κ1) is 6.35. The molecule has 1 aliphatic rings. The Bertz CT molecular complexity index is 22.8. The normalized spacial score (nSPS) is 16.0. The van der Waals surface area contributed by atoms with Gasteiger partial charge in [-0.05, 0) is 0 Å². The molecule has 0 aromatic rings. The third kappa shape index (κ3) is 26.7. The Balaban J connectivity index is 0.0000000833. The highest BCUT2D eigenvalue weighted by Gasteiger charge is 1.91. The fourth-order valence-corrected chi connectivity index (χ4v) is 0. The zero-order valence-corrected chi connectivity index (χ0v) is 8.32. The molecule has 0 atom stereocenters. The molecule has 1 saturated heterocycles. The zero-order chi connectivity index (χ0) is 4.83. The van der Waals surface area contributed by atoms with Gasteiger partial charge in [0.05, 0.1) is 0 Å². The molecular weight excluding hydrogens is 110 g/mol. The highest BCUT2D eigenvalue weighted by atomic mass is 28.3. The van der Waals surface area contributed by atoms with Gasteiger partial charge >= 0.3 is 0 Å². The molecule has 0 saturated carbocycles. The Morgan fingerprint density at radius 2 is 1.50 bits per heavy atom. The molecule has 0 radical (unpaired) electrons. The van der Waals surface area contributed by atoms with Crippen LogP contribution in [0.5, 0.6) is 0 Å². The molecule has 1 fully saturated rings. The van der Waals surface area contributed by atoms with Gasteiger partial charge in [-0.15, -0.1) is 0 Å². The fourth-order valence-electron chi connectivity index (χ4n) is 0. The van der Waals surface area contributed by atoms with Crippen molar-refractivity contribution in [3.8, 4) is 0 Å². The molecule has 1 rings (SSSR count). The maximum absolute atomic E-state index is 4.53. The monoisotopic (exact) mass is 121 g/mol. The van der Waals surface area contributed by atoms with Crippen molar-refractivity contribution in [3.63, 3.8) is 0 Å². The molecule has 4 heteroatoms. The third-order valence-electron chi connectivity index (χ3n) is 0.250. The summed E-state index contributed by atoms with van der Waals surface area (Å²) < 4.78 is 4.53. The van der Waals surface area contributed by atoms with Crippen molar-refractivity contribution in [1.29, 1.82) is 0 Å². The molecule has 0 aromatic heterocycles. The topological polar surface area (TPSA) is 31.2 Å². The summed E-state index contributed by atoms with van der Waals surface area (Å²) in [6.45, 7) is 2.50. The predicted molar refractivity (Wildman–Crippen MR) is 33.8 cm³/mol. The molecule has 0 bridgehead atoms. The second kappa shape index (κ2) is 5.35.